The van der Waals surface area contributed by atoms with Crippen LogP contribution < -0.4 is 5.48 Å². The van der Waals surface area contributed by atoms with Crippen LogP contribution in [0.2, 0.25) is 0 Å². The molecule has 0 spiro atoms. The molecule has 7 nitrogen and oxygen atoms in total. The average molecular weight is 361 g/mol. The highest BCUT2D eigenvalue weighted by Gasteiger charge is 2.17. The van der Waals surface area contributed by atoms with Gasteiger partial charge in [0.25, 0.3) is 5.91 Å². The van der Waals surface area contributed by atoms with Crippen LogP contribution in [-0.4, -0.2) is 36.2 Å². The number of hydrogen-bond acceptors (Lipinski definition) is 5. The lowest BCUT2D eigenvalue weighted by molar-refractivity contribution is -0.126. The highest BCUT2D eigenvalue weighted by atomic mass is 32.2. The third-order valence-corrected chi connectivity index (χ3v) is 4.56. The van der Waals surface area contributed by atoms with E-state index in [1.165, 1.54) is 12.1 Å². The molecule has 0 atom stereocenters. The van der Waals surface area contributed by atoms with Gasteiger partial charge >= 0.3 is 0 Å². The number of nitrogens with one attached hydrogen (secondary N) is 1. The second-order valence-corrected chi connectivity index (χ2v) is 6.26. The van der Waals surface area contributed by atoms with Crippen molar-refractivity contribution in [1.82, 2.24) is 24.8 Å². The first kappa shape index (κ1) is 17.2. The van der Waals surface area contributed by atoms with Crippen LogP contribution in [0, 0.1) is 5.82 Å². The summed E-state index contributed by atoms with van der Waals surface area (Å²) in [6, 6.07) is 9.89. The number of thioether (sulfide) groups is 1. The largest absolute Gasteiger partial charge is 0.354 e. The minimum absolute atomic E-state index is 0.0139. The summed E-state index contributed by atoms with van der Waals surface area (Å²) in [7, 11) is 1.94. The molecule has 2 heterocycles. The summed E-state index contributed by atoms with van der Waals surface area (Å²) < 4.78 is 17.0. The van der Waals surface area contributed by atoms with Crippen LogP contribution >= 0.6 is 11.8 Å². The van der Waals surface area contributed by atoms with Crippen LogP contribution in [-0.2, 0) is 18.3 Å². The second-order valence-electron chi connectivity index (χ2n) is 5.32. The number of hydrogen-bond donors (Lipinski definition) is 2. The summed E-state index contributed by atoms with van der Waals surface area (Å²) in [5.74, 6) is -0.224. The van der Waals surface area contributed by atoms with Crippen LogP contribution in [0.5, 0.6) is 0 Å². The zero-order valence-electron chi connectivity index (χ0n) is 13.4. The lowest BCUT2D eigenvalue weighted by atomic mass is 10.2. The van der Waals surface area contributed by atoms with Crippen LogP contribution in [0.1, 0.15) is 11.5 Å². The summed E-state index contributed by atoms with van der Waals surface area (Å²) in [4.78, 5) is 11.3. The summed E-state index contributed by atoms with van der Waals surface area (Å²) >= 11 is 1.13. The van der Waals surface area contributed by atoms with Crippen LogP contribution in [0.25, 0.3) is 5.69 Å². The normalized spacial score (nSPS) is 10.8. The molecule has 0 radical (unpaired) electrons. The molecule has 0 fully saturated rings. The topological polar surface area (TPSA) is 85.0 Å². The van der Waals surface area contributed by atoms with Gasteiger partial charge in [0.1, 0.15) is 11.6 Å². The summed E-state index contributed by atoms with van der Waals surface area (Å²) in [5.41, 5.74) is 3.32. The van der Waals surface area contributed by atoms with Gasteiger partial charge in [-0.15, -0.1) is 10.2 Å². The Hall–Kier alpha value is -2.65. The van der Waals surface area contributed by atoms with E-state index in [2.05, 4.69) is 10.2 Å². The number of aromatic nitrogens is 4. The fourth-order valence-electron chi connectivity index (χ4n) is 2.36. The molecule has 3 rings (SSSR count). The zero-order valence-corrected chi connectivity index (χ0v) is 14.2. The zero-order chi connectivity index (χ0) is 17.8. The van der Waals surface area contributed by atoms with Crippen molar-refractivity contribution in [2.24, 2.45) is 7.05 Å². The smallest absolute Gasteiger partial charge is 0.253 e. The van der Waals surface area contributed by atoms with Crippen LogP contribution in [0.3, 0.4) is 0 Å². The Kier molecular flexibility index (Phi) is 5.15. The van der Waals surface area contributed by atoms with Crippen molar-refractivity contribution in [3.63, 3.8) is 0 Å². The van der Waals surface area contributed by atoms with E-state index in [-0.39, 0.29) is 11.6 Å². The molecular weight excluding hydrogens is 345 g/mol. The van der Waals surface area contributed by atoms with Gasteiger partial charge in [0.2, 0.25) is 0 Å². The fourth-order valence-corrected chi connectivity index (χ4v) is 3.13. The first-order valence-corrected chi connectivity index (χ1v) is 8.43. The molecule has 0 aliphatic carbocycles. The van der Waals surface area contributed by atoms with E-state index >= 15 is 0 Å². The SMILES string of the molecule is Cn1cccc1Cc1nnc(SCC(=O)NO)n1-c1ccc(F)cc1. The van der Waals surface area contributed by atoms with Crippen molar-refractivity contribution in [2.75, 3.05) is 5.75 Å². The molecule has 2 N–H and O–H groups in total. The molecule has 0 saturated heterocycles. The van der Waals surface area contributed by atoms with Gasteiger partial charge in [0.05, 0.1) is 5.75 Å². The quantitative estimate of drug-likeness (QED) is 0.398. The predicted molar refractivity (Wildman–Crippen MR) is 90.2 cm³/mol. The van der Waals surface area contributed by atoms with Crippen molar-refractivity contribution in [2.45, 2.75) is 11.6 Å². The Morgan fingerprint density at radius 2 is 2.04 bits per heavy atom. The van der Waals surface area contributed by atoms with Gasteiger partial charge in [0, 0.05) is 31.0 Å². The Bertz CT molecular complexity index is 875. The van der Waals surface area contributed by atoms with Gasteiger partial charge in [-0.05, 0) is 36.4 Å². The monoisotopic (exact) mass is 361 g/mol. The molecule has 25 heavy (non-hydrogen) atoms. The molecule has 0 saturated carbocycles. The number of nitrogens with zero attached hydrogens (tertiary/aromatic N) is 4. The Balaban J connectivity index is 1.97. The van der Waals surface area contributed by atoms with Gasteiger partial charge in [0.15, 0.2) is 5.16 Å². The number of benzene rings is 1. The van der Waals surface area contributed by atoms with E-state index in [4.69, 9.17) is 5.21 Å². The van der Waals surface area contributed by atoms with E-state index < -0.39 is 5.91 Å². The van der Waals surface area contributed by atoms with Crippen molar-refractivity contribution in [3.05, 3.63) is 59.9 Å². The molecule has 2 aromatic heterocycles. The highest BCUT2D eigenvalue weighted by Crippen LogP contribution is 2.23. The first-order valence-electron chi connectivity index (χ1n) is 7.44. The van der Waals surface area contributed by atoms with Gasteiger partial charge in [-0.25, -0.2) is 9.87 Å². The summed E-state index contributed by atoms with van der Waals surface area (Å²) in [6.07, 6.45) is 2.47. The predicted octanol–water partition coefficient (Wildman–Crippen LogP) is 1.93. The summed E-state index contributed by atoms with van der Waals surface area (Å²) in [6.45, 7) is 0. The molecular formula is C16H16FN5O2S. The van der Waals surface area contributed by atoms with Gasteiger partial charge in [-0.2, -0.15) is 0 Å². The average Bonchev–Trinajstić information content (AvgIpc) is 3.20. The molecule has 9 heteroatoms. The Morgan fingerprint density at radius 1 is 1.28 bits per heavy atom. The fraction of sp³-hybridized carbons (Fsp3) is 0.188. The maximum absolute atomic E-state index is 13.3. The third kappa shape index (κ3) is 3.89. The van der Waals surface area contributed by atoms with Crippen molar-refractivity contribution < 1.29 is 14.4 Å². The molecule has 0 aliphatic heterocycles. The minimum atomic E-state index is -0.539. The minimum Gasteiger partial charge on any atom is -0.354 e. The molecule has 130 valence electrons. The van der Waals surface area contributed by atoms with Crippen molar-refractivity contribution in [1.29, 1.82) is 0 Å². The molecule has 1 aromatic carbocycles. The maximum Gasteiger partial charge on any atom is 0.253 e. The number of carbonyl (C=O) groups is 1. The van der Waals surface area contributed by atoms with E-state index in [0.717, 1.165) is 17.5 Å². The van der Waals surface area contributed by atoms with E-state index in [1.54, 1.807) is 22.2 Å². The Labute approximate surface area is 147 Å². The molecule has 3 aromatic rings. The standard InChI is InChI=1S/C16H16FN5O2S/c1-21-8-2-3-13(21)9-14-18-19-16(25-10-15(23)20-24)22(14)12-6-4-11(17)5-7-12/h2-8,24H,9-10H2,1H3,(H,20,23). The Morgan fingerprint density at radius 3 is 2.68 bits per heavy atom. The van der Waals surface area contributed by atoms with E-state index in [9.17, 15) is 9.18 Å². The van der Waals surface area contributed by atoms with E-state index in [0.29, 0.717) is 23.1 Å². The van der Waals surface area contributed by atoms with Crippen molar-refractivity contribution >= 4 is 17.7 Å². The number of halogens is 1. The lowest BCUT2D eigenvalue weighted by Gasteiger charge is -2.10. The number of rotatable bonds is 6. The number of amides is 1. The van der Waals surface area contributed by atoms with Crippen molar-refractivity contribution in [3.8, 4) is 5.69 Å². The van der Waals surface area contributed by atoms with Crippen LogP contribution in [0.4, 0.5) is 4.39 Å². The molecule has 0 unspecified atom stereocenters. The van der Waals surface area contributed by atoms with E-state index in [1.807, 2.05) is 29.9 Å². The molecule has 0 aliphatic rings. The van der Waals surface area contributed by atoms with Crippen LogP contribution in [0.15, 0.2) is 47.8 Å². The number of carbonyl (C=O) groups excluding carboxylic acids is 1. The molecule has 0 bridgehead atoms. The number of hydroxylamine groups is 1. The lowest BCUT2D eigenvalue weighted by Crippen LogP contribution is -2.20. The second kappa shape index (κ2) is 7.49. The van der Waals surface area contributed by atoms with Gasteiger partial charge in [-0.1, -0.05) is 11.8 Å². The van der Waals surface area contributed by atoms with Gasteiger partial charge in [-0.3, -0.25) is 14.6 Å². The molecule has 1 amide bonds. The maximum atomic E-state index is 13.3. The number of aryl methyl sites for hydroxylation is 1. The van der Waals surface area contributed by atoms with Gasteiger partial charge < -0.3 is 4.57 Å². The highest BCUT2D eigenvalue weighted by molar-refractivity contribution is 7.99. The third-order valence-electron chi connectivity index (χ3n) is 3.63. The first-order chi connectivity index (χ1) is 12.1. The summed E-state index contributed by atoms with van der Waals surface area (Å²) in [5, 5.41) is 17.5.